The second kappa shape index (κ2) is 11.0. The maximum absolute atomic E-state index is 5.67. The zero-order chi connectivity index (χ0) is 24.0. The van der Waals surface area contributed by atoms with Crippen molar-refractivity contribution in [2.75, 3.05) is 36.5 Å². The van der Waals surface area contributed by atoms with Gasteiger partial charge in [-0.25, -0.2) is 15.0 Å². The van der Waals surface area contributed by atoms with Gasteiger partial charge in [-0.3, -0.25) is 0 Å². The van der Waals surface area contributed by atoms with Crippen LogP contribution in [0.25, 0.3) is 0 Å². The molecule has 182 valence electrons. The number of hydrogen-bond donors (Lipinski definition) is 2. The Hall–Kier alpha value is -3.18. The van der Waals surface area contributed by atoms with E-state index in [2.05, 4.69) is 37.4 Å². The molecule has 0 saturated carbocycles. The second-order valence-electron chi connectivity index (χ2n) is 8.48. The van der Waals surface area contributed by atoms with Gasteiger partial charge in [0.1, 0.15) is 24.1 Å². The number of piperidine rings is 1. The van der Waals surface area contributed by atoms with Crippen LogP contribution in [0.4, 0.5) is 11.8 Å². The van der Waals surface area contributed by atoms with Gasteiger partial charge in [0.25, 0.3) is 0 Å². The van der Waals surface area contributed by atoms with Gasteiger partial charge in [0.15, 0.2) is 21.8 Å². The molecule has 0 atom stereocenters. The molecule has 9 nitrogen and oxygen atoms in total. The molecule has 11 heteroatoms. The van der Waals surface area contributed by atoms with Gasteiger partial charge in [0.05, 0.1) is 0 Å². The minimum Gasteiger partial charge on any atom is -0.486 e. The van der Waals surface area contributed by atoms with Crippen molar-refractivity contribution < 1.29 is 9.47 Å². The molecule has 0 amide bonds. The highest BCUT2D eigenvalue weighted by molar-refractivity contribution is 7.99. The number of ether oxygens (including phenoxy) is 2. The third kappa shape index (κ3) is 6.29. The molecule has 0 spiro atoms. The number of fused-ring (bicyclic) bond motifs is 1. The van der Waals surface area contributed by atoms with E-state index in [0.717, 1.165) is 59.8 Å². The van der Waals surface area contributed by atoms with Crippen molar-refractivity contribution in [1.29, 1.82) is 0 Å². The molecule has 1 fully saturated rings. The molecule has 0 unspecified atom stereocenters. The lowest BCUT2D eigenvalue weighted by molar-refractivity contribution is 0.171. The van der Waals surface area contributed by atoms with Crippen molar-refractivity contribution in [2.24, 2.45) is 5.92 Å². The Bertz CT molecular complexity index is 1170. The van der Waals surface area contributed by atoms with Crippen LogP contribution in [0.15, 0.2) is 52.9 Å². The van der Waals surface area contributed by atoms with Gasteiger partial charge in [-0.05, 0) is 66.5 Å². The van der Waals surface area contributed by atoms with E-state index in [9.17, 15) is 0 Å². The van der Waals surface area contributed by atoms with Crippen LogP contribution in [0, 0.1) is 5.92 Å². The third-order valence-corrected chi connectivity index (χ3v) is 6.88. The van der Waals surface area contributed by atoms with Crippen molar-refractivity contribution in [1.82, 2.24) is 25.3 Å². The van der Waals surface area contributed by atoms with E-state index >= 15 is 0 Å². The first-order valence-electron chi connectivity index (χ1n) is 11.6. The van der Waals surface area contributed by atoms with Crippen molar-refractivity contribution in [2.45, 2.75) is 36.5 Å². The minimum absolute atomic E-state index is 0.441. The fraction of sp³-hybridized carbons (Fsp3) is 0.375. The number of aromatic nitrogens is 4. The lowest BCUT2D eigenvalue weighted by Crippen LogP contribution is -2.34. The highest BCUT2D eigenvalue weighted by Crippen LogP contribution is 2.31. The second-order valence-corrected chi connectivity index (χ2v) is 9.87. The van der Waals surface area contributed by atoms with Crippen LogP contribution in [0.5, 0.6) is 11.5 Å². The highest BCUT2D eigenvalue weighted by Gasteiger charge is 2.19. The Morgan fingerprint density at radius 3 is 2.66 bits per heavy atom. The van der Waals surface area contributed by atoms with Crippen LogP contribution in [0.2, 0.25) is 0 Å². The van der Waals surface area contributed by atoms with Crippen LogP contribution >= 0.6 is 24.0 Å². The summed E-state index contributed by atoms with van der Waals surface area (Å²) in [5, 5.41) is 8.21. The maximum Gasteiger partial charge on any atom is 0.232 e. The molecule has 5 rings (SSSR count). The van der Waals surface area contributed by atoms with Gasteiger partial charge < -0.3 is 25.0 Å². The van der Waals surface area contributed by atoms with Crippen LogP contribution < -0.4 is 25.0 Å². The predicted octanol–water partition coefficient (Wildman–Crippen LogP) is 3.91. The Balaban J connectivity index is 1.28. The Kier molecular flexibility index (Phi) is 7.43. The lowest BCUT2D eigenvalue weighted by atomic mass is 9.99. The van der Waals surface area contributed by atoms with E-state index < -0.39 is 0 Å². The largest absolute Gasteiger partial charge is 0.486 e. The Morgan fingerprint density at radius 1 is 1.09 bits per heavy atom. The summed E-state index contributed by atoms with van der Waals surface area (Å²) in [5.41, 5.74) is 1.04. The molecule has 0 radical (unpaired) electrons. The van der Waals surface area contributed by atoms with E-state index in [1.807, 2.05) is 24.3 Å². The Morgan fingerprint density at radius 2 is 1.86 bits per heavy atom. The lowest BCUT2D eigenvalue weighted by Gasteiger charge is -2.31. The predicted molar refractivity (Wildman–Crippen MR) is 139 cm³/mol. The summed E-state index contributed by atoms with van der Waals surface area (Å²) in [4.78, 5) is 20.3. The summed E-state index contributed by atoms with van der Waals surface area (Å²) >= 11 is 6.94. The molecule has 0 aliphatic carbocycles. The molecule has 0 bridgehead atoms. The third-order valence-electron chi connectivity index (χ3n) is 5.82. The number of nitrogens with zero attached hydrogens (tertiary/aromatic N) is 5. The molecule has 2 aliphatic heterocycles. The number of nitrogens with one attached hydrogen (secondary N) is 2. The molecule has 2 N–H and O–H groups in total. The summed E-state index contributed by atoms with van der Waals surface area (Å²) < 4.78 is 11.3. The summed E-state index contributed by atoms with van der Waals surface area (Å²) in [7, 11) is 0. The van der Waals surface area contributed by atoms with Gasteiger partial charge in [-0.1, -0.05) is 13.0 Å². The van der Waals surface area contributed by atoms with Crippen molar-refractivity contribution in [3.63, 3.8) is 0 Å². The van der Waals surface area contributed by atoms with Crippen LogP contribution in [-0.4, -0.2) is 51.4 Å². The number of hydrogen-bond acceptors (Lipinski definition) is 9. The van der Waals surface area contributed by atoms with Crippen LogP contribution in [0.1, 0.15) is 25.3 Å². The molecular weight excluding hydrogens is 482 g/mol. The van der Waals surface area contributed by atoms with Gasteiger partial charge in [-0.15, -0.1) is 0 Å². The smallest absolute Gasteiger partial charge is 0.232 e. The van der Waals surface area contributed by atoms with E-state index in [1.54, 1.807) is 18.5 Å². The first-order chi connectivity index (χ1) is 17.1. The first-order valence-corrected chi connectivity index (χ1v) is 12.9. The molecule has 3 aromatic rings. The first kappa shape index (κ1) is 23.6. The number of rotatable bonds is 6. The molecule has 1 saturated heterocycles. The van der Waals surface area contributed by atoms with E-state index in [1.165, 1.54) is 11.8 Å². The summed E-state index contributed by atoms with van der Waals surface area (Å²) in [6.07, 6.45) is 5.73. The SMILES string of the molecule is CC1CCN(c2cc(Sc3ncccn3)nc(NC(=S)NCc3ccc4c(c3)OCCO4)n2)CC1. The normalized spacial score (nSPS) is 15.5. The molecule has 4 heterocycles. The fourth-order valence-electron chi connectivity index (χ4n) is 3.88. The quantitative estimate of drug-likeness (QED) is 0.287. The summed E-state index contributed by atoms with van der Waals surface area (Å²) in [5.74, 6) is 3.58. The fourth-order valence-corrected chi connectivity index (χ4v) is 4.75. The zero-order valence-electron chi connectivity index (χ0n) is 19.4. The van der Waals surface area contributed by atoms with Crippen molar-refractivity contribution in [3.05, 3.63) is 48.3 Å². The maximum atomic E-state index is 5.67. The average Bonchev–Trinajstić information content (AvgIpc) is 2.88. The van der Waals surface area contributed by atoms with E-state index in [0.29, 0.717) is 36.0 Å². The minimum atomic E-state index is 0.441. The number of benzene rings is 1. The van der Waals surface area contributed by atoms with Gasteiger partial charge in [0, 0.05) is 38.1 Å². The van der Waals surface area contributed by atoms with Gasteiger partial charge >= 0.3 is 0 Å². The van der Waals surface area contributed by atoms with E-state index in [4.69, 9.17) is 26.7 Å². The monoisotopic (exact) mass is 509 g/mol. The van der Waals surface area contributed by atoms with Crippen molar-refractivity contribution in [3.8, 4) is 11.5 Å². The summed E-state index contributed by atoms with van der Waals surface area (Å²) in [6, 6.07) is 9.67. The number of thiocarbonyl (C=S) groups is 1. The Labute approximate surface area is 214 Å². The topological polar surface area (TPSA) is 97.3 Å². The highest BCUT2D eigenvalue weighted by atomic mass is 32.2. The molecule has 2 aromatic heterocycles. The average molecular weight is 510 g/mol. The van der Waals surface area contributed by atoms with Gasteiger partial charge in [-0.2, -0.15) is 4.98 Å². The standard InChI is InChI=1S/C24H27N7O2S2/c1-16-5-9-31(10-6-16)20-14-21(35-24-25-7-2-8-26-24)29-22(28-20)30-23(34)27-15-17-3-4-18-19(13-17)33-12-11-32-18/h2-4,7-8,13-14,16H,5-6,9-12,15H2,1H3,(H2,27,28,29,30,34). The molecular formula is C24H27N7O2S2. The molecule has 2 aliphatic rings. The molecule has 1 aromatic carbocycles. The van der Waals surface area contributed by atoms with Crippen molar-refractivity contribution >= 4 is 40.9 Å². The van der Waals surface area contributed by atoms with Crippen LogP contribution in [0.3, 0.4) is 0 Å². The van der Waals surface area contributed by atoms with E-state index in [-0.39, 0.29) is 0 Å². The molecule has 35 heavy (non-hydrogen) atoms. The van der Waals surface area contributed by atoms with Crippen LogP contribution in [-0.2, 0) is 6.54 Å². The van der Waals surface area contributed by atoms with Gasteiger partial charge in [0.2, 0.25) is 5.95 Å². The zero-order valence-corrected chi connectivity index (χ0v) is 21.1. The number of anilines is 2. The summed E-state index contributed by atoms with van der Waals surface area (Å²) in [6.45, 7) is 5.90.